The molecule has 1 fully saturated rings. The van der Waals surface area contributed by atoms with Crippen molar-refractivity contribution >= 4 is 0 Å². The van der Waals surface area contributed by atoms with Gasteiger partial charge >= 0.3 is 6.18 Å². The maximum absolute atomic E-state index is 11.8. The van der Waals surface area contributed by atoms with Gasteiger partial charge in [-0.1, -0.05) is 13.8 Å². The molecule has 2 unspecified atom stereocenters. The molecule has 0 heterocycles. The van der Waals surface area contributed by atoms with Crippen LogP contribution in [0.2, 0.25) is 0 Å². The summed E-state index contributed by atoms with van der Waals surface area (Å²) in [7, 11) is 0. The highest BCUT2D eigenvalue weighted by molar-refractivity contribution is 4.77. The zero-order chi connectivity index (χ0) is 11.5. The molecule has 0 spiro atoms. The van der Waals surface area contributed by atoms with Crippen LogP contribution in [0, 0.1) is 11.8 Å². The van der Waals surface area contributed by atoms with Crippen LogP contribution in [0.5, 0.6) is 0 Å². The third-order valence-corrected chi connectivity index (χ3v) is 2.66. The number of rotatable bonds is 3. The summed E-state index contributed by atoms with van der Waals surface area (Å²) in [6.45, 7) is 3.02. The van der Waals surface area contributed by atoms with Gasteiger partial charge in [0, 0.05) is 6.04 Å². The molecule has 1 saturated carbocycles. The Bertz CT molecular complexity index is 186. The van der Waals surface area contributed by atoms with Crippen molar-refractivity contribution in [1.29, 1.82) is 0 Å². The van der Waals surface area contributed by atoms with Crippen molar-refractivity contribution in [1.82, 2.24) is 5.48 Å². The van der Waals surface area contributed by atoms with Crippen molar-refractivity contribution in [2.24, 2.45) is 11.8 Å². The van der Waals surface area contributed by atoms with Gasteiger partial charge in [0.15, 0.2) is 6.61 Å². The van der Waals surface area contributed by atoms with Gasteiger partial charge in [0.2, 0.25) is 0 Å². The van der Waals surface area contributed by atoms with Gasteiger partial charge in [0.05, 0.1) is 0 Å². The first-order valence-electron chi connectivity index (χ1n) is 5.31. The zero-order valence-electron chi connectivity index (χ0n) is 9.10. The summed E-state index contributed by atoms with van der Waals surface area (Å²) in [5.74, 6) is 1.11. The lowest BCUT2D eigenvalue weighted by atomic mass is 9.81. The van der Waals surface area contributed by atoms with Crippen LogP contribution >= 0.6 is 0 Å². The van der Waals surface area contributed by atoms with Gasteiger partial charge < -0.3 is 0 Å². The number of hydrogen-bond acceptors (Lipinski definition) is 2. The minimum absolute atomic E-state index is 0.0612. The summed E-state index contributed by atoms with van der Waals surface area (Å²) in [5.41, 5.74) is 2.52. The predicted octanol–water partition coefficient (Wildman–Crippen LogP) is 2.89. The Labute approximate surface area is 88.1 Å². The van der Waals surface area contributed by atoms with E-state index in [0.29, 0.717) is 11.8 Å². The van der Waals surface area contributed by atoms with Crippen LogP contribution in [0.25, 0.3) is 0 Å². The smallest absolute Gasteiger partial charge is 0.292 e. The number of nitrogens with one attached hydrogen (secondary N) is 1. The molecular formula is C10H18F3NO. The lowest BCUT2D eigenvalue weighted by Crippen LogP contribution is -2.38. The molecule has 1 aliphatic rings. The van der Waals surface area contributed by atoms with E-state index in [1.54, 1.807) is 0 Å². The third kappa shape index (κ3) is 5.37. The van der Waals surface area contributed by atoms with Crippen molar-refractivity contribution < 1.29 is 18.0 Å². The molecule has 5 heteroatoms. The van der Waals surface area contributed by atoms with Gasteiger partial charge in [-0.05, 0) is 31.1 Å². The highest BCUT2D eigenvalue weighted by Gasteiger charge is 2.29. The molecule has 0 aromatic rings. The van der Waals surface area contributed by atoms with Gasteiger partial charge in [0.25, 0.3) is 0 Å². The molecule has 0 saturated heterocycles. The average Bonchev–Trinajstić information content (AvgIpc) is 1.99. The second-order valence-corrected chi connectivity index (χ2v) is 4.64. The molecular weight excluding hydrogens is 207 g/mol. The van der Waals surface area contributed by atoms with E-state index < -0.39 is 12.8 Å². The monoisotopic (exact) mass is 225 g/mol. The first-order valence-corrected chi connectivity index (χ1v) is 5.31. The van der Waals surface area contributed by atoms with Crippen molar-refractivity contribution in [2.75, 3.05) is 6.61 Å². The molecule has 2 nitrogen and oxygen atoms in total. The summed E-state index contributed by atoms with van der Waals surface area (Å²) in [5, 5.41) is 0. The lowest BCUT2D eigenvalue weighted by Gasteiger charge is -2.31. The van der Waals surface area contributed by atoms with E-state index in [4.69, 9.17) is 0 Å². The highest BCUT2D eigenvalue weighted by atomic mass is 19.4. The van der Waals surface area contributed by atoms with Crippen molar-refractivity contribution in [3.8, 4) is 0 Å². The van der Waals surface area contributed by atoms with E-state index in [0.717, 1.165) is 19.3 Å². The van der Waals surface area contributed by atoms with E-state index >= 15 is 0 Å². The third-order valence-electron chi connectivity index (χ3n) is 2.66. The molecule has 1 rings (SSSR count). The number of hydroxylamine groups is 1. The normalized spacial score (nSPS) is 33.0. The summed E-state index contributed by atoms with van der Waals surface area (Å²) < 4.78 is 35.4. The quantitative estimate of drug-likeness (QED) is 0.746. The topological polar surface area (TPSA) is 21.3 Å². The molecule has 15 heavy (non-hydrogen) atoms. The Morgan fingerprint density at radius 3 is 2.13 bits per heavy atom. The molecule has 0 bridgehead atoms. The lowest BCUT2D eigenvalue weighted by molar-refractivity contribution is -0.194. The fourth-order valence-electron chi connectivity index (χ4n) is 2.28. The van der Waals surface area contributed by atoms with E-state index in [9.17, 15) is 13.2 Å². The first-order chi connectivity index (χ1) is 6.87. The maximum atomic E-state index is 11.8. The largest absolute Gasteiger partial charge is 0.413 e. The zero-order valence-corrected chi connectivity index (χ0v) is 9.10. The minimum Gasteiger partial charge on any atom is -0.292 e. The fraction of sp³-hybridized carbons (Fsp3) is 1.00. The Morgan fingerprint density at radius 2 is 1.67 bits per heavy atom. The van der Waals surface area contributed by atoms with Crippen LogP contribution in [0.1, 0.15) is 33.1 Å². The summed E-state index contributed by atoms with van der Waals surface area (Å²) in [4.78, 5) is 4.46. The van der Waals surface area contributed by atoms with Crippen molar-refractivity contribution in [3.63, 3.8) is 0 Å². The van der Waals surface area contributed by atoms with Crippen molar-refractivity contribution in [2.45, 2.75) is 45.3 Å². The van der Waals surface area contributed by atoms with Crippen LogP contribution in [-0.2, 0) is 4.84 Å². The second kappa shape index (κ2) is 5.16. The SMILES string of the molecule is CC1CC(C)CC(NOCC(F)(F)F)C1. The van der Waals surface area contributed by atoms with Gasteiger partial charge in [-0.2, -0.15) is 18.7 Å². The Hall–Kier alpha value is -0.290. The van der Waals surface area contributed by atoms with E-state index in [1.807, 2.05) is 0 Å². The summed E-state index contributed by atoms with van der Waals surface area (Å²) in [6, 6.07) is 0.0612. The van der Waals surface area contributed by atoms with Crippen LogP contribution in [0.15, 0.2) is 0 Å². The Balaban J connectivity index is 2.21. The number of halogens is 3. The van der Waals surface area contributed by atoms with Crippen LogP contribution in [0.3, 0.4) is 0 Å². The summed E-state index contributed by atoms with van der Waals surface area (Å²) >= 11 is 0. The number of alkyl halides is 3. The molecule has 90 valence electrons. The van der Waals surface area contributed by atoms with E-state index in [1.165, 1.54) is 0 Å². The average molecular weight is 225 g/mol. The molecule has 0 radical (unpaired) electrons. The molecule has 0 aromatic heterocycles. The van der Waals surface area contributed by atoms with Gasteiger partial charge in [-0.25, -0.2) is 0 Å². The first kappa shape index (κ1) is 12.8. The predicted molar refractivity (Wildman–Crippen MR) is 51.1 cm³/mol. The summed E-state index contributed by atoms with van der Waals surface area (Å²) in [6.07, 6.45) is -1.32. The molecule has 1 aliphatic carbocycles. The van der Waals surface area contributed by atoms with Crippen LogP contribution < -0.4 is 5.48 Å². The van der Waals surface area contributed by atoms with Crippen molar-refractivity contribution in [3.05, 3.63) is 0 Å². The molecule has 2 atom stereocenters. The second-order valence-electron chi connectivity index (χ2n) is 4.64. The molecule has 0 amide bonds. The Kier molecular flexibility index (Phi) is 4.40. The maximum Gasteiger partial charge on any atom is 0.413 e. The fourth-order valence-corrected chi connectivity index (χ4v) is 2.28. The van der Waals surface area contributed by atoms with Gasteiger partial charge in [-0.3, -0.25) is 4.84 Å². The van der Waals surface area contributed by atoms with Crippen LogP contribution in [0.4, 0.5) is 13.2 Å². The Morgan fingerprint density at radius 1 is 1.13 bits per heavy atom. The van der Waals surface area contributed by atoms with Gasteiger partial charge in [-0.15, -0.1) is 0 Å². The molecule has 1 N–H and O–H groups in total. The molecule has 0 aromatic carbocycles. The standard InChI is InChI=1S/C10H18F3NO/c1-7-3-8(2)5-9(4-7)14-15-6-10(11,12)13/h7-9,14H,3-6H2,1-2H3. The minimum atomic E-state index is -4.25. The van der Waals surface area contributed by atoms with Gasteiger partial charge in [0.1, 0.15) is 0 Å². The molecule has 0 aliphatic heterocycles. The number of hydrogen-bond donors (Lipinski definition) is 1. The van der Waals surface area contributed by atoms with E-state index in [2.05, 4.69) is 24.2 Å². The highest BCUT2D eigenvalue weighted by Crippen LogP contribution is 2.28. The van der Waals surface area contributed by atoms with Crippen LogP contribution in [-0.4, -0.2) is 18.8 Å². The van der Waals surface area contributed by atoms with E-state index in [-0.39, 0.29) is 6.04 Å².